The quantitative estimate of drug-likeness (QED) is 0.101. The molecule has 0 aliphatic heterocycles. The van der Waals surface area contributed by atoms with E-state index < -0.39 is 29.4 Å². The first-order chi connectivity index (χ1) is 16.1. The Morgan fingerprint density at radius 1 is 1.15 bits per heavy atom. The van der Waals surface area contributed by atoms with Crippen molar-refractivity contribution in [3.05, 3.63) is 59.7 Å². The predicted molar refractivity (Wildman–Crippen MR) is 134 cm³/mol. The van der Waals surface area contributed by atoms with Gasteiger partial charge in [-0.3, -0.25) is 14.4 Å². The molecule has 1 unspecified atom stereocenters. The topological polar surface area (TPSA) is 135 Å². The number of hydrogen-bond acceptors (Lipinski definition) is 7. The summed E-state index contributed by atoms with van der Waals surface area (Å²) >= 11 is 1.56. The number of nitrogens with one attached hydrogen (secondary N) is 3. The van der Waals surface area contributed by atoms with Gasteiger partial charge in [0.2, 0.25) is 5.91 Å². The normalized spacial score (nSPS) is 12.1. The van der Waals surface area contributed by atoms with Crippen LogP contribution in [0.2, 0.25) is 0 Å². The SMILES string of the molecule is CSc1cccc(C(CC(=O)OC(C)(C)C)NC(=O)CNC(=O)c2cccc(N=CNN)c2)c1. The number of ether oxygens (including phenoxy) is 1. The van der Waals surface area contributed by atoms with Crippen LogP contribution in [-0.4, -0.2) is 42.5 Å². The molecule has 182 valence electrons. The number of hydrazine groups is 1. The number of hydrogen-bond donors (Lipinski definition) is 4. The lowest BCUT2D eigenvalue weighted by atomic mass is 10.0. The molecule has 0 aromatic heterocycles. The molecule has 2 aromatic rings. The summed E-state index contributed by atoms with van der Waals surface area (Å²) in [7, 11) is 0. The first-order valence-corrected chi connectivity index (χ1v) is 11.9. The number of rotatable bonds is 10. The van der Waals surface area contributed by atoms with E-state index in [1.165, 1.54) is 6.34 Å². The van der Waals surface area contributed by atoms with Crippen LogP contribution in [0.3, 0.4) is 0 Å². The Morgan fingerprint density at radius 2 is 1.88 bits per heavy atom. The van der Waals surface area contributed by atoms with Gasteiger partial charge in [0, 0.05) is 10.5 Å². The summed E-state index contributed by atoms with van der Waals surface area (Å²) in [4.78, 5) is 42.7. The fraction of sp³-hybridized carbons (Fsp3) is 0.333. The van der Waals surface area contributed by atoms with Crippen molar-refractivity contribution in [2.24, 2.45) is 10.8 Å². The minimum absolute atomic E-state index is 0.0377. The van der Waals surface area contributed by atoms with Crippen molar-refractivity contribution in [2.45, 2.75) is 43.7 Å². The van der Waals surface area contributed by atoms with E-state index in [0.717, 1.165) is 10.5 Å². The predicted octanol–water partition coefficient (Wildman–Crippen LogP) is 2.85. The fourth-order valence-corrected chi connectivity index (χ4v) is 3.48. The standard InChI is InChI=1S/C24H31N5O4S/c1-24(2,3)33-22(31)13-20(16-7-6-10-19(12-16)34-4)29-21(30)14-26-23(32)17-8-5-9-18(11-17)27-15-28-25/h5-12,15,20H,13-14,25H2,1-4H3,(H,26,32)(H,27,28)(H,29,30). The van der Waals surface area contributed by atoms with E-state index >= 15 is 0 Å². The zero-order valence-corrected chi connectivity index (χ0v) is 20.6. The highest BCUT2D eigenvalue weighted by Crippen LogP contribution is 2.24. The molecule has 0 saturated heterocycles. The monoisotopic (exact) mass is 485 g/mol. The van der Waals surface area contributed by atoms with Gasteiger partial charge in [-0.15, -0.1) is 11.8 Å². The molecule has 9 nitrogen and oxygen atoms in total. The van der Waals surface area contributed by atoms with E-state index in [0.29, 0.717) is 11.3 Å². The number of aliphatic imine (C=N–C) groups is 1. The number of esters is 1. The first-order valence-electron chi connectivity index (χ1n) is 10.6. The molecule has 0 bridgehead atoms. The first kappa shape index (κ1) is 26.9. The van der Waals surface area contributed by atoms with Crippen LogP contribution >= 0.6 is 11.8 Å². The highest BCUT2D eigenvalue weighted by molar-refractivity contribution is 7.98. The van der Waals surface area contributed by atoms with E-state index in [4.69, 9.17) is 10.6 Å². The summed E-state index contributed by atoms with van der Waals surface area (Å²) in [6, 6.07) is 13.5. The maximum Gasteiger partial charge on any atom is 0.308 e. The molecule has 0 heterocycles. The molecule has 0 aliphatic rings. The van der Waals surface area contributed by atoms with Crippen LogP contribution in [0.1, 0.15) is 49.2 Å². The third-order valence-corrected chi connectivity index (χ3v) is 5.15. The third-order valence-electron chi connectivity index (χ3n) is 4.43. The Bertz CT molecular complexity index is 1040. The highest BCUT2D eigenvalue weighted by Gasteiger charge is 2.23. The molecule has 2 aromatic carbocycles. The number of amides is 2. The zero-order valence-electron chi connectivity index (χ0n) is 19.8. The summed E-state index contributed by atoms with van der Waals surface area (Å²) in [5.41, 5.74) is 3.30. The van der Waals surface area contributed by atoms with Crippen molar-refractivity contribution in [1.29, 1.82) is 0 Å². The lowest BCUT2D eigenvalue weighted by Gasteiger charge is -2.23. The minimum atomic E-state index is -0.639. The summed E-state index contributed by atoms with van der Waals surface area (Å²) in [6.45, 7) is 5.10. The average Bonchev–Trinajstić information content (AvgIpc) is 2.79. The number of nitrogens with two attached hydrogens (primary N) is 1. The lowest BCUT2D eigenvalue weighted by molar-refractivity contribution is -0.155. The number of carbonyl (C=O) groups excluding carboxylic acids is 3. The van der Waals surface area contributed by atoms with Crippen LogP contribution in [-0.2, 0) is 14.3 Å². The van der Waals surface area contributed by atoms with Crippen molar-refractivity contribution >= 4 is 41.6 Å². The van der Waals surface area contributed by atoms with Gasteiger partial charge in [-0.2, -0.15) is 0 Å². The Balaban J connectivity index is 2.07. The van der Waals surface area contributed by atoms with E-state index in [1.807, 2.05) is 30.5 Å². The van der Waals surface area contributed by atoms with Crippen LogP contribution in [0.15, 0.2) is 58.4 Å². The van der Waals surface area contributed by atoms with Crippen molar-refractivity contribution < 1.29 is 19.1 Å². The van der Waals surface area contributed by atoms with Gasteiger partial charge in [0.1, 0.15) is 11.9 Å². The third kappa shape index (κ3) is 9.24. The van der Waals surface area contributed by atoms with Gasteiger partial charge >= 0.3 is 5.97 Å². The van der Waals surface area contributed by atoms with Crippen molar-refractivity contribution in [1.82, 2.24) is 16.1 Å². The molecule has 10 heteroatoms. The molecule has 34 heavy (non-hydrogen) atoms. The van der Waals surface area contributed by atoms with Crippen LogP contribution in [0.4, 0.5) is 5.69 Å². The molecule has 2 amide bonds. The highest BCUT2D eigenvalue weighted by atomic mass is 32.2. The second-order valence-corrected chi connectivity index (χ2v) is 9.22. The molecule has 5 N–H and O–H groups in total. The molecule has 0 fully saturated rings. The van der Waals surface area contributed by atoms with Gasteiger partial charge in [0.05, 0.1) is 24.7 Å². The van der Waals surface area contributed by atoms with Gasteiger partial charge in [0.25, 0.3) is 5.91 Å². The van der Waals surface area contributed by atoms with Crippen LogP contribution in [0.5, 0.6) is 0 Å². The lowest BCUT2D eigenvalue weighted by Crippen LogP contribution is -2.39. The number of benzene rings is 2. The Labute approximate surface area is 203 Å². The fourth-order valence-electron chi connectivity index (χ4n) is 3.01. The van der Waals surface area contributed by atoms with Crippen LogP contribution in [0.25, 0.3) is 0 Å². The second kappa shape index (κ2) is 12.8. The van der Waals surface area contributed by atoms with Gasteiger partial charge in [-0.25, -0.2) is 10.8 Å². The van der Waals surface area contributed by atoms with Gasteiger partial charge < -0.3 is 20.8 Å². The Hall–Kier alpha value is -3.37. The summed E-state index contributed by atoms with van der Waals surface area (Å²) < 4.78 is 5.43. The molecule has 0 spiro atoms. The molecular formula is C24H31N5O4S. The number of carbonyl (C=O) groups is 3. The summed E-state index contributed by atoms with van der Waals surface area (Å²) in [6.07, 6.45) is 3.20. The van der Waals surface area contributed by atoms with Crippen molar-refractivity contribution in [3.63, 3.8) is 0 Å². The van der Waals surface area contributed by atoms with E-state index in [-0.39, 0.29) is 13.0 Å². The second-order valence-electron chi connectivity index (χ2n) is 8.35. The number of thioether (sulfide) groups is 1. The maximum absolute atomic E-state index is 12.7. The van der Waals surface area contributed by atoms with E-state index in [9.17, 15) is 14.4 Å². The van der Waals surface area contributed by atoms with E-state index in [1.54, 1.807) is 56.8 Å². The minimum Gasteiger partial charge on any atom is -0.460 e. The van der Waals surface area contributed by atoms with Gasteiger partial charge in [0.15, 0.2) is 0 Å². The smallest absolute Gasteiger partial charge is 0.308 e. The maximum atomic E-state index is 12.7. The van der Waals surface area contributed by atoms with Gasteiger partial charge in [-0.1, -0.05) is 18.2 Å². The van der Waals surface area contributed by atoms with Crippen LogP contribution in [0, 0.1) is 0 Å². The Kier molecular flexibility index (Phi) is 10.1. The van der Waals surface area contributed by atoms with Crippen molar-refractivity contribution in [2.75, 3.05) is 12.8 Å². The molecule has 0 aliphatic carbocycles. The Morgan fingerprint density at radius 3 is 2.56 bits per heavy atom. The summed E-state index contributed by atoms with van der Waals surface area (Å²) in [5.74, 6) is 3.87. The molecule has 1 atom stereocenters. The average molecular weight is 486 g/mol. The molecule has 0 radical (unpaired) electrons. The zero-order chi connectivity index (χ0) is 25.1. The largest absolute Gasteiger partial charge is 0.460 e. The van der Waals surface area contributed by atoms with Crippen LogP contribution < -0.4 is 21.9 Å². The van der Waals surface area contributed by atoms with Gasteiger partial charge in [-0.05, 0) is 62.9 Å². The van der Waals surface area contributed by atoms with E-state index in [2.05, 4.69) is 21.1 Å². The molecular weight excluding hydrogens is 454 g/mol. The van der Waals surface area contributed by atoms with Crippen molar-refractivity contribution in [3.8, 4) is 0 Å². The molecule has 2 rings (SSSR count). The number of nitrogens with zero attached hydrogens (tertiary/aromatic N) is 1. The molecule has 0 saturated carbocycles. The summed E-state index contributed by atoms with van der Waals surface area (Å²) in [5, 5.41) is 5.43.